The Kier molecular flexibility index (Phi) is 4.82. The van der Waals surface area contributed by atoms with Gasteiger partial charge in [0.1, 0.15) is 0 Å². The van der Waals surface area contributed by atoms with Crippen molar-refractivity contribution in [2.45, 2.75) is 37.8 Å². The van der Waals surface area contributed by atoms with Crippen LogP contribution in [-0.4, -0.2) is 78.6 Å². The highest BCUT2D eigenvalue weighted by Crippen LogP contribution is 2.36. The number of fused-ring (bicyclic) bond motifs is 1. The molecule has 6 rings (SSSR count). The van der Waals surface area contributed by atoms with Gasteiger partial charge in [-0.15, -0.1) is 0 Å². The van der Waals surface area contributed by atoms with Crippen molar-refractivity contribution in [3.63, 3.8) is 0 Å². The van der Waals surface area contributed by atoms with Crippen LogP contribution >= 0.6 is 0 Å². The van der Waals surface area contributed by atoms with Crippen LogP contribution in [-0.2, 0) is 6.42 Å². The fraction of sp³-hybridized carbons (Fsp3) is 0.682. The van der Waals surface area contributed by atoms with E-state index < -0.39 is 0 Å². The maximum absolute atomic E-state index is 13.0. The van der Waals surface area contributed by atoms with Crippen LogP contribution < -0.4 is 5.32 Å². The number of rotatable bonds is 4. The molecule has 5 unspecified atom stereocenters. The number of carbonyl (C=O) groups excluding carboxylic acids is 1. The van der Waals surface area contributed by atoms with Crippen molar-refractivity contribution >= 4 is 6.03 Å². The molecule has 5 atom stereocenters. The Bertz CT molecular complexity index is 652. The minimum absolute atomic E-state index is 0.198. The lowest BCUT2D eigenvalue weighted by Crippen LogP contribution is -2.54. The van der Waals surface area contributed by atoms with Crippen LogP contribution in [0.25, 0.3) is 0 Å². The number of carbonyl (C=O) groups is 1. The first-order valence-corrected chi connectivity index (χ1v) is 10.8. The summed E-state index contributed by atoms with van der Waals surface area (Å²) in [5.74, 6) is 1.51. The molecule has 0 spiro atoms. The van der Waals surface area contributed by atoms with E-state index in [9.17, 15) is 4.79 Å². The number of hydrogen-bond acceptors (Lipinski definition) is 3. The summed E-state index contributed by atoms with van der Waals surface area (Å²) in [6, 6.07) is 11.6. The van der Waals surface area contributed by atoms with Gasteiger partial charge >= 0.3 is 6.03 Å². The fourth-order valence-electron chi connectivity index (χ4n) is 5.88. The molecule has 5 aliphatic heterocycles. The second kappa shape index (κ2) is 7.44. The van der Waals surface area contributed by atoms with Crippen molar-refractivity contribution in [3.8, 4) is 0 Å². The van der Waals surface area contributed by atoms with E-state index in [1.54, 1.807) is 0 Å². The van der Waals surface area contributed by atoms with Gasteiger partial charge in [-0.3, -0.25) is 0 Å². The number of urea groups is 1. The highest BCUT2D eigenvalue weighted by Gasteiger charge is 2.43. The van der Waals surface area contributed by atoms with Crippen molar-refractivity contribution in [1.29, 1.82) is 0 Å². The van der Waals surface area contributed by atoms with E-state index in [0.717, 1.165) is 51.5 Å². The van der Waals surface area contributed by atoms with Crippen LogP contribution in [0.1, 0.15) is 24.8 Å². The van der Waals surface area contributed by atoms with Gasteiger partial charge in [0.2, 0.25) is 0 Å². The summed E-state index contributed by atoms with van der Waals surface area (Å²) < 4.78 is 0. The van der Waals surface area contributed by atoms with Gasteiger partial charge in [-0.2, -0.15) is 0 Å². The molecule has 1 aromatic carbocycles. The molecule has 4 bridgehead atoms. The molecule has 5 aliphatic rings. The second-order valence-electron chi connectivity index (χ2n) is 9.20. The van der Waals surface area contributed by atoms with Crippen molar-refractivity contribution in [2.24, 2.45) is 11.8 Å². The Balaban J connectivity index is 1.13. The van der Waals surface area contributed by atoms with Gasteiger partial charge in [0, 0.05) is 57.9 Å². The molecule has 0 aliphatic carbocycles. The first kappa shape index (κ1) is 17.5. The van der Waals surface area contributed by atoms with Crippen molar-refractivity contribution < 1.29 is 4.79 Å². The molecule has 5 heteroatoms. The number of amides is 2. The molecule has 27 heavy (non-hydrogen) atoms. The SMILES string of the molecule is O=C(NC1CCN(CCc2ccccc2)C1)N1CC2CC3CC1CN(C3)C2. The molecular weight excluding hydrogens is 336 g/mol. The largest absolute Gasteiger partial charge is 0.334 e. The van der Waals surface area contributed by atoms with Gasteiger partial charge in [0.05, 0.1) is 0 Å². The third-order valence-electron chi connectivity index (χ3n) is 7.09. The Morgan fingerprint density at radius 1 is 1.00 bits per heavy atom. The fourth-order valence-corrected chi connectivity index (χ4v) is 5.88. The molecular formula is C22H32N4O. The topological polar surface area (TPSA) is 38.8 Å². The highest BCUT2D eigenvalue weighted by molar-refractivity contribution is 5.75. The average molecular weight is 369 g/mol. The van der Waals surface area contributed by atoms with Gasteiger partial charge in [-0.05, 0) is 43.1 Å². The van der Waals surface area contributed by atoms with E-state index in [-0.39, 0.29) is 6.03 Å². The minimum atomic E-state index is 0.198. The molecule has 5 saturated heterocycles. The molecule has 2 amide bonds. The summed E-state index contributed by atoms with van der Waals surface area (Å²) in [6.07, 6.45) is 4.72. The second-order valence-corrected chi connectivity index (χ2v) is 9.20. The number of nitrogens with one attached hydrogen (secondary N) is 1. The third kappa shape index (κ3) is 3.85. The van der Waals surface area contributed by atoms with Gasteiger partial charge in [-0.1, -0.05) is 30.3 Å². The van der Waals surface area contributed by atoms with E-state index >= 15 is 0 Å². The smallest absolute Gasteiger partial charge is 0.317 e. The van der Waals surface area contributed by atoms with E-state index in [2.05, 4.69) is 50.3 Å². The van der Waals surface area contributed by atoms with Gasteiger partial charge in [0.25, 0.3) is 0 Å². The summed E-state index contributed by atoms with van der Waals surface area (Å²) in [7, 11) is 0. The molecule has 0 radical (unpaired) electrons. The molecule has 1 N–H and O–H groups in total. The van der Waals surface area contributed by atoms with Crippen LogP contribution in [0.15, 0.2) is 30.3 Å². The molecule has 5 fully saturated rings. The monoisotopic (exact) mass is 368 g/mol. The normalized spacial score (nSPS) is 35.4. The number of likely N-dealkylation sites (tertiary alicyclic amines) is 1. The average Bonchev–Trinajstić information content (AvgIpc) is 3.02. The van der Waals surface area contributed by atoms with Crippen LogP contribution in [0.2, 0.25) is 0 Å². The van der Waals surface area contributed by atoms with Crippen LogP contribution in [0, 0.1) is 11.8 Å². The zero-order valence-corrected chi connectivity index (χ0v) is 16.2. The minimum Gasteiger partial charge on any atom is -0.334 e. The lowest BCUT2D eigenvalue weighted by atomic mass is 9.84. The maximum atomic E-state index is 13.0. The highest BCUT2D eigenvalue weighted by atomic mass is 16.2. The maximum Gasteiger partial charge on any atom is 0.317 e. The zero-order valence-electron chi connectivity index (χ0n) is 16.2. The van der Waals surface area contributed by atoms with E-state index in [4.69, 9.17) is 0 Å². The predicted molar refractivity (Wildman–Crippen MR) is 107 cm³/mol. The standard InChI is InChI=1S/C22H32N4O/c27-22(26-14-19-10-18-11-21(26)16-25(12-18)13-19)23-20-7-9-24(15-20)8-6-17-4-2-1-3-5-17/h1-5,18-21H,6-16H2,(H,23,27). The molecule has 146 valence electrons. The van der Waals surface area contributed by atoms with E-state index in [1.165, 1.54) is 31.5 Å². The van der Waals surface area contributed by atoms with Crippen LogP contribution in [0.5, 0.6) is 0 Å². The van der Waals surface area contributed by atoms with Crippen molar-refractivity contribution in [2.75, 3.05) is 45.8 Å². The number of nitrogens with zero attached hydrogens (tertiary/aromatic N) is 3. The molecule has 0 aromatic heterocycles. The summed E-state index contributed by atoms with van der Waals surface area (Å²) >= 11 is 0. The van der Waals surface area contributed by atoms with Gasteiger partial charge in [0.15, 0.2) is 0 Å². The summed E-state index contributed by atoms with van der Waals surface area (Å²) in [5.41, 5.74) is 1.40. The Morgan fingerprint density at radius 3 is 2.70 bits per heavy atom. The predicted octanol–water partition coefficient (Wildman–Crippen LogP) is 2.04. The number of benzene rings is 1. The summed E-state index contributed by atoms with van der Waals surface area (Å²) in [4.78, 5) is 20.3. The Labute approximate surface area is 162 Å². The molecule has 1 aromatic rings. The van der Waals surface area contributed by atoms with Gasteiger partial charge < -0.3 is 20.0 Å². The van der Waals surface area contributed by atoms with Crippen molar-refractivity contribution in [3.05, 3.63) is 35.9 Å². The van der Waals surface area contributed by atoms with Gasteiger partial charge in [-0.25, -0.2) is 4.79 Å². The lowest BCUT2D eigenvalue weighted by Gasteiger charge is -2.41. The first-order chi connectivity index (χ1) is 13.2. The van der Waals surface area contributed by atoms with E-state index in [1.807, 2.05) is 0 Å². The van der Waals surface area contributed by atoms with E-state index in [0.29, 0.717) is 18.0 Å². The van der Waals surface area contributed by atoms with Crippen LogP contribution in [0.4, 0.5) is 4.79 Å². The zero-order chi connectivity index (χ0) is 18.2. The third-order valence-corrected chi connectivity index (χ3v) is 7.09. The van der Waals surface area contributed by atoms with Crippen molar-refractivity contribution in [1.82, 2.24) is 20.0 Å². The number of hydrogen-bond donors (Lipinski definition) is 1. The molecule has 5 heterocycles. The molecule has 0 saturated carbocycles. The van der Waals surface area contributed by atoms with Crippen LogP contribution in [0.3, 0.4) is 0 Å². The Morgan fingerprint density at radius 2 is 1.85 bits per heavy atom. The Hall–Kier alpha value is -1.59. The number of piperidine rings is 2. The first-order valence-electron chi connectivity index (χ1n) is 10.8. The lowest BCUT2D eigenvalue weighted by molar-refractivity contribution is 0.0844. The summed E-state index contributed by atoms with van der Waals surface area (Å²) in [6.45, 7) is 7.70. The summed E-state index contributed by atoms with van der Waals surface area (Å²) in [5, 5.41) is 3.37. The molecule has 5 nitrogen and oxygen atoms in total. The quantitative estimate of drug-likeness (QED) is 0.884.